The van der Waals surface area contributed by atoms with Crippen LogP contribution >= 0.6 is 11.6 Å². The lowest BCUT2D eigenvalue weighted by Gasteiger charge is -2.34. The number of carbonyl (C=O) groups excluding carboxylic acids is 1. The largest absolute Gasteiger partial charge is 0.476 e. The van der Waals surface area contributed by atoms with Crippen LogP contribution in [0.25, 0.3) is 0 Å². The van der Waals surface area contributed by atoms with Gasteiger partial charge in [-0.2, -0.15) is 0 Å². The van der Waals surface area contributed by atoms with Gasteiger partial charge >= 0.3 is 0 Å². The highest BCUT2D eigenvalue weighted by Gasteiger charge is 2.35. The molecule has 2 aromatic carbocycles. The molecule has 0 radical (unpaired) electrons. The molecule has 0 bridgehead atoms. The molecule has 1 heterocycles. The first-order chi connectivity index (χ1) is 11.7. The molecule has 0 aromatic heterocycles. The van der Waals surface area contributed by atoms with E-state index in [9.17, 15) is 13.2 Å². The van der Waals surface area contributed by atoms with Gasteiger partial charge in [-0.1, -0.05) is 23.7 Å². The maximum absolute atomic E-state index is 12.5. The van der Waals surface area contributed by atoms with Crippen molar-refractivity contribution in [3.05, 3.63) is 53.1 Å². The summed E-state index contributed by atoms with van der Waals surface area (Å²) in [7, 11) is -3.55. The van der Waals surface area contributed by atoms with Crippen LogP contribution in [0.5, 0.6) is 5.75 Å². The highest BCUT2D eigenvalue weighted by Crippen LogP contribution is 2.36. The molecular formula is C17H17ClN2O4S. The van der Waals surface area contributed by atoms with E-state index in [1.165, 1.54) is 4.31 Å². The van der Waals surface area contributed by atoms with Crippen LogP contribution in [-0.4, -0.2) is 33.2 Å². The number of hydrogen-bond donors (Lipinski definition) is 1. The second-order valence-corrected chi connectivity index (χ2v) is 8.21. The molecule has 132 valence electrons. The zero-order valence-electron chi connectivity index (χ0n) is 13.7. The predicted molar refractivity (Wildman–Crippen MR) is 97.9 cm³/mol. The predicted octanol–water partition coefficient (Wildman–Crippen LogP) is 2.81. The van der Waals surface area contributed by atoms with Crippen molar-refractivity contribution in [1.29, 1.82) is 0 Å². The molecular weight excluding hydrogens is 364 g/mol. The van der Waals surface area contributed by atoms with E-state index in [1.807, 2.05) is 6.92 Å². The summed E-state index contributed by atoms with van der Waals surface area (Å²) in [5.74, 6) is -0.0874. The number of sulfonamides is 1. The van der Waals surface area contributed by atoms with Gasteiger partial charge in [0.05, 0.1) is 18.5 Å². The van der Waals surface area contributed by atoms with Gasteiger partial charge in [0.15, 0.2) is 6.10 Å². The summed E-state index contributed by atoms with van der Waals surface area (Å²) >= 11 is 5.91. The molecule has 0 aliphatic carbocycles. The monoisotopic (exact) mass is 380 g/mol. The summed E-state index contributed by atoms with van der Waals surface area (Å²) in [5.41, 5.74) is 1.86. The van der Waals surface area contributed by atoms with Crippen molar-refractivity contribution < 1.29 is 17.9 Å². The van der Waals surface area contributed by atoms with E-state index in [0.717, 1.165) is 11.8 Å². The van der Waals surface area contributed by atoms with Crippen LogP contribution in [0.1, 0.15) is 5.56 Å². The smallest absolute Gasteiger partial charge is 0.267 e. The number of ether oxygens (including phenoxy) is 1. The van der Waals surface area contributed by atoms with Crippen LogP contribution < -0.4 is 14.4 Å². The van der Waals surface area contributed by atoms with Gasteiger partial charge in [-0.15, -0.1) is 0 Å². The van der Waals surface area contributed by atoms with E-state index >= 15 is 0 Å². The number of nitrogens with one attached hydrogen (secondary N) is 1. The molecule has 0 spiro atoms. The number of carbonyl (C=O) groups is 1. The minimum absolute atomic E-state index is 0.0955. The van der Waals surface area contributed by atoms with Crippen molar-refractivity contribution in [2.45, 2.75) is 13.0 Å². The van der Waals surface area contributed by atoms with E-state index < -0.39 is 22.0 Å². The van der Waals surface area contributed by atoms with Crippen molar-refractivity contribution in [2.24, 2.45) is 0 Å². The molecule has 2 aromatic rings. The number of fused-ring (bicyclic) bond motifs is 1. The van der Waals surface area contributed by atoms with Gasteiger partial charge in [-0.25, -0.2) is 8.42 Å². The number of halogens is 1. The summed E-state index contributed by atoms with van der Waals surface area (Å²) in [5, 5.41) is 3.18. The number of rotatable bonds is 3. The zero-order valence-corrected chi connectivity index (χ0v) is 15.3. The zero-order chi connectivity index (χ0) is 18.2. The highest BCUT2D eigenvalue weighted by atomic mass is 35.5. The van der Waals surface area contributed by atoms with Gasteiger partial charge in [0, 0.05) is 10.7 Å². The van der Waals surface area contributed by atoms with Gasteiger partial charge in [0.2, 0.25) is 10.0 Å². The van der Waals surface area contributed by atoms with E-state index in [2.05, 4.69) is 5.32 Å². The fraction of sp³-hybridized carbons (Fsp3) is 0.235. The topological polar surface area (TPSA) is 75.7 Å². The quantitative estimate of drug-likeness (QED) is 0.888. The van der Waals surface area contributed by atoms with E-state index in [4.69, 9.17) is 16.3 Å². The Kier molecular flexibility index (Phi) is 4.62. The Morgan fingerprint density at radius 3 is 2.72 bits per heavy atom. The van der Waals surface area contributed by atoms with Crippen LogP contribution in [0.2, 0.25) is 5.02 Å². The van der Waals surface area contributed by atoms with Crippen molar-refractivity contribution >= 4 is 38.9 Å². The summed E-state index contributed by atoms with van der Waals surface area (Å²) in [6, 6.07) is 11.9. The number of anilines is 2. The third kappa shape index (κ3) is 3.88. The molecule has 8 heteroatoms. The average molecular weight is 381 g/mol. The van der Waals surface area contributed by atoms with Crippen molar-refractivity contribution in [1.82, 2.24) is 0 Å². The van der Waals surface area contributed by atoms with Gasteiger partial charge in [0.1, 0.15) is 5.75 Å². The van der Waals surface area contributed by atoms with Crippen molar-refractivity contribution in [3.8, 4) is 5.75 Å². The van der Waals surface area contributed by atoms with Crippen LogP contribution in [-0.2, 0) is 14.8 Å². The normalized spacial score (nSPS) is 16.8. The van der Waals surface area contributed by atoms with Crippen LogP contribution in [0.15, 0.2) is 42.5 Å². The summed E-state index contributed by atoms with van der Waals surface area (Å²) < 4.78 is 31.2. The Bertz CT molecular complexity index is 930. The molecule has 1 aliphatic heterocycles. The Morgan fingerprint density at radius 2 is 2.04 bits per heavy atom. The van der Waals surface area contributed by atoms with Crippen molar-refractivity contribution in [2.75, 3.05) is 22.4 Å². The van der Waals surface area contributed by atoms with Crippen LogP contribution in [0, 0.1) is 6.92 Å². The molecule has 0 unspecified atom stereocenters. The van der Waals surface area contributed by atoms with Crippen molar-refractivity contribution in [3.63, 3.8) is 0 Å². The van der Waals surface area contributed by atoms with Gasteiger partial charge in [0.25, 0.3) is 5.91 Å². The molecule has 1 amide bonds. The maximum atomic E-state index is 12.5. The minimum Gasteiger partial charge on any atom is -0.476 e. The molecule has 0 saturated heterocycles. The first-order valence-electron chi connectivity index (χ1n) is 7.55. The Morgan fingerprint density at radius 1 is 1.28 bits per heavy atom. The first kappa shape index (κ1) is 17.6. The molecule has 3 rings (SSSR count). The second kappa shape index (κ2) is 6.57. The fourth-order valence-electron chi connectivity index (χ4n) is 2.60. The molecule has 1 aliphatic rings. The number of aryl methyl sites for hydroxylation is 1. The summed E-state index contributed by atoms with van der Waals surface area (Å²) in [4.78, 5) is 12.5. The standard InChI is InChI=1S/C17H17ClN2O4S/c1-11-6-7-15-14(8-11)20(25(2,22)23)10-16(24-15)17(21)19-13-5-3-4-12(18)9-13/h3-9,16H,10H2,1-2H3,(H,19,21)/t16-/m0/s1. The Balaban J connectivity index is 1.89. The van der Waals surface area contributed by atoms with E-state index in [1.54, 1.807) is 42.5 Å². The number of hydrogen-bond acceptors (Lipinski definition) is 4. The maximum Gasteiger partial charge on any atom is 0.267 e. The Labute approximate surface area is 151 Å². The third-order valence-corrected chi connectivity index (χ3v) is 5.15. The minimum atomic E-state index is -3.55. The Hall–Kier alpha value is -2.25. The van der Waals surface area contributed by atoms with Gasteiger partial charge in [-0.3, -0.25) is 9.10 Å². The SMILES string of the molecule is Cc1ccc2c(c1)N(S(C)(=O)=O)C[C@@H](C(=O)Nc1cccc(Cl)c1)O2. The van der Waals surface area contributed by atoms with Gasteiger partial charge < -0.3 is 10.1 Å². The lowest BCUT2D eigenvalue weighted by molar-refractivity contribution is -0.122. The third-order valence-electron chi connectivity index (χ3n) is 3.77. The fourth-order valence-corrected chi connectivity index (χ4v) is 3.70. The second-order valence-electron chi connectivity index (χ2n) is 5.87. The molecule has 0 fully saturated rings. The number of amides is 1. The van der Waals surface area contributed by atoms with E-state index in [-0.39, 0.29) is 6.54 Å². The lowest BCUT2D eigenvalue weighted by Crippen LogP contribution is -2.48. The molecule has 0 saturated carbocycles. The highest BCUT2D eigenvalue weighted by molar-refractivity contribution is 7.92. The van der Waals surface area contributed by atoms with E-state index in [0.29, 0.717) is 22.1 Å². The van der Waals surface area contributed by atoms with Gasteiger partial charge in [-0.05, 0) is 42.8 Å². The van der Waals surface area contributed by atoms with Crippen LogP contribution in [0.4, 0.5) is 11.4 Å². The molecule has 6 nitrogen and oxygen atoms in total. The summed E-state index contributed by atoms with van der Waals surface area (Å²) in [6.45, 7) is 1.76. The number of benzene rings is 2. The molecule has 1 N–H and O–H groups in total. The molecule has 1 atom stereocenters. The summed E-state index contributed by atoms with van der Waals surface area (Å²) in [6.07, 6.45) is 0.139. The number of nitrogens with zero attached hydrogens (tertiary/aromatic N) is 1. The van der Waals surface area contributed by atoms with Crippen LogP contribution in [0.3, 0.4) is 0 Å². The lowest BCUT2D eigenvalue weighted by atomic mass is 10.1. The average Bonchev–Trinajstić information content (AvgIpc) is 2.52. The first-order valence-corrected chi connectivity index (χ1v) is 9.78. The molecule has 25 heavy (non-hydrogen) atoms.